The molecule has 0 bridgehead atoms. The summed E-state index contributed by atoms with van der Waals surface area (Å²) in [4.78, 5) is 26.6. The Bertz CT molecular complexity index is 616. The van der Waals surface area contributed by atoms with Crippen LogP contribution in [-0.4, -0.2) is 43.5 Å². The van der Waals surface area contributed by atoms with Gasteiger partial charge in [-0.1, -0.05) is 12.1 Å². The molecule has 0 aromatic heterocycles. The van der Waals surface area contributed by atoms with E-state index in [2.05, 4.69) is 5.32 Å². The second-order valence-corrected chi connectivity index (χ2v) is 7.01. The van der Waals surface area contributed by atoms with E-state index < -0.39 is 0 Å². The topological polar surface area (TPSA) is 58.6 Å². The van der Waals surface area contributed by atoms with Gasteiger partial charge in [-0.3, -0.25) is 9.59 Å². The smallest absolute Gasteiger partial charge is 0.249 e. The maximum Gasteiger partial charge on any atom is 0.249 e. The molecular formula is C19H25FN2O3. The van der Waals surface area contributed by atoms with E-state index in [9.17, 15) is 14.0 Å². The molecule has 1 aromatic carbocycles. The van der Waals surface area contributed by atoms with Crippen molar-refractivity contribution in [2.45, 2.75) is 31.7 Å². The molecule has 2 fully saturated rings. The number of likely N-dealkylation sites (tertiary alicyclic amines) is 1. The number of halogens is 1. The highest BCUT2D eigenvalue weighted by molar-refractivity contribution is 5.82. The molecule has 2 amide bonds. The number of carbonyl (C=O) groups is 2. The lowest BCUT2D eigenvalue weighted by Crippen LogP contribution is -2.48. The van der Waals surface area contributed by atoms with Crippen LogP contribution in [0.2, 0.25) is 0 Å². The van der Waals surface area contributed by atoms with Gasteiger partial charge >= 0.3 is 0 Å². The molecule has 0 radical (unpaired) electrons. The molecule has 136 valence electrons. The van der Waals surface area contributed by atoms with Crippen LogP contribution in [0, 0.1) is 17.7 Å². The van der Waals surface area contributed by atoms with Crippen molar-refractivity contribution < 1.29 is 18.7 Å². The number of rotatable bonds is 6. The summed E-state index contributed by atoms with van der Waals surface area (Å²) in [5.74, 6) is 0.0184. The lowest BCUT2D eigenvalue weighted by atomic mass is 9.88. The number of hydrogen-bond donors (Lipinski definition) is 1. The minimum absolute atomic E-state index is 0.0197. The third kappa shape index (κ3) is 4.57. The summed E-state index contributed by atoms with van der Waals surface area (Å²) >= 11 is 0. The van der Waals surface area contributed by atoms with Gasteiger partial charge in [0.05, 0.1) is 12.0 Å². The highest BCUT2D eigenvalue weighted by Crippen LogP contribution is 2.34. The molecule has 1 N–H and O–H groups in total. The number of ether oxygens (including phenoxy) is 1. The Hall–Kier alpha value is -1.95. The monoisotopic (exact) mass is 348 g/mol. The number of amides is 2. The predicted molar refractivity (Wildman–Crippen MR) is 91.2 cm³/mol. The Morgan fingerprint density at radius 3 is 2.56 bits per heavy atom. The van der Waals surface area contributed by atoms with Gasteiger partial charge in [0.15, 0.2) is 0 Å². The van der Waals surface area contributed by atoms with Gasteiger partial charge in [0.1, 0.15) is 12.4 Å². The van der Waals surface area contributed by atoms with Crippen molar-refractivity contribution in [3.8, 4) is 0 Å². The number of piperidine rings is 1. The summed E-state index contributed by atoms with van der Waals surface area (Å²) in [6.45, 7) is 1.09. The van der Waals surface area contributed by atoms with Gasteiger partial charge in [0.25, 0.3) is 0 Å². The Balaban J connectivity index is 1.69. The molecular weight excluding hydrogens is 323 g/mol. The molecule has 1 heterocycles. The fourth-order valence-corrected chi connectivity index (χ4v) is 3.41. The number of nitrogens with one attached hydrogen (secondary N) is 1. The normalized spacial score (nSPS) is 23.4. The molecule has 0 unspecified atom stereocenters. The van der Waals surface area contributed by atoms with Crippen molar-refractivity contribution in [3.63, 3.8) is 0 Å². The summed E-state index contributed by atoms with van der Waals surface area (Å²) in [5, 5.41) is 3.01. The number of methoxy groups -OCH3 is 1. The second kappa shape index (κ2) is 7.95. The molecule has 1 saturated carbocycles. The first-order chi connectivity index (χ1) is 12.1. The van der Waals surface area contributed by atoms with E-state index in [4.69, 9.17) is 4.74 Å². The van der Waals surface area contributed by atoms with E-state index in [1.54, 1.807) is 17.0 Å². The van der Waals surface area contributed by atoms with E-state index in [0.29, 0.717) is 18.9 Å². The molecule has 1 aromatic rings. The lowest BCUT2D eigenvalue weighted by molar-refractivity contribution is -0.142. The largest absolute Gasteiger partial charge is 0.375 e. The zero-order valence-electron chi connectivity index (χ0n) is 14.5. The van der Waals surface area contributed by atoms with Gasteiger partial charge in [0, 0.05) is 20.2 Å². The van der Waals surface area contributed by atoms with Crippen molar-refractivity contribution in [1.29, 1.82) is 0 Å². The van der Waals surface area contributed by atoms with E-state index in [-0.39, 0.29) is 36.2 Å². The van der Waals surface area contributed by atoms with Crippen LogP contribution in [0.5, 0.6) is 0 Å². The number of benzene rings is 1. The number of carbonyl (C=O) groups excluding carboxylic acids is 2. The SMILES string of the molecule is COCC(=O)N1C[C@@H](C(=O)NCC2CC2)CC[C@H]1c1ccc(F)cc1. The third-order valence-electron chi connectivity index (χ3n) is 5.06. The van der Waals surface area contributed by atoms with Crippen LogP contribution >= 0.6 is 0 Å². The maximum absolute atomic E-state index is 13.2. The first-order valence-electron chi connectivity index (χ1n) is 8.90. The Morgan fingerprint density at radius 1 is 1.20 bits per heavy atom. The van der Waals surface area contributed by atoms with Crippen LogP contribution in [0.1, 0.15) is 37.3 Å². The summed E-state index contributed by atoms with van der Waals surface area (Å²) in [5.41, 5.74) is 0.891. The second-order valence-electron chi connectivity index (χ2n) is 7.01. The summed E-state index contributed by atoms with van der Waals surface area (Å²) in [7, 11) is 1.48. The van der Waals surface area contributed by atoms with Crippen molar-refractivity contribution in [2.24, 2.45) is 11.8 Å². The van der Waals surface area contributed by atoms with Crippen LogP contribution in [0.25, 0.3) is 0 Å². The summed E-state index contributed by atoms with van der Waals surface area (Å²) in [6.07, 6.45) is 3.78. The van der Waals surface area contributed by atoms with Crippen LogP contribution in [0.15, 0.2) is 24.3 Å². The first-order valence-corrected chi connectivity index (χ1v) is 8.90. The van der Waals surface area contributed by atoms with Gasteiger partial charge in [-0.25, -0.2) is 4.39 Å². The standard InChI is InChI=1S/C19H25FN2O3/c1-25-12-18(23)22-11-15(19(24)21-10-13-2-3-13)6-9-17(22)14-4-7-16(20)8-5-14/h4-5,7-8,13,15,17H,2-3,6,9-12H2,1H3,(H,21,24)/t15-,17-/m0/s1. The van der Waals surface area contributed by atoms with Gasteiger partial charge in [0.2, 0.25) is 11.8 Å². The van der Waals surface area contributed by atoms with Crippen molar-refractivity contribution in [2.75, 3.05) is 26.8 Å². The molecule has 2 atom stereocenters. The number of nitrogens with zero attached hydrogens (tertiary/aromatic N) is 1. The lowest BCUT2D eigenvalue weighted by Gasteiger charge is -2.39. The van der Waals surface area contributed by atoms with Gasteiger partial charge in [-0.15, -0.1) is 0 Å². The molecule has 3 rings (SSSR count). The molecule has 5 nitrogen and oxygen atoms in total. The minimum atomic E-state index is -0.299. The predicted octanol–water partition coefficient (Wildman–Crippen LogP) is 2.28. The van der Waals surface area contributed by atoms with Crippen molar-refractivity contribution >= 4 is 11.8 Å². The van der Waals surface area contributed by atoms with E-state index in [1.807, 2.05) is 0 Å². The van der Waals surface area contributed by atoms with Crippen molar-refractivity contribution in [1.82, 2.24) is 10.2 Å². The van der Waals surface area contributed by atoms with Crippen molar-refractivity contribution in [3.05, 3.63) is 35.6 Å². The zero-order chi connectivity index (χ0) is 17.8. The molecule has 1 saturated heterocycles. The highest BCUT2D eigenvalue weighted by Gasteiger charge is 2.35. The van der Waals surface area contributed by atoms with Crippen LogP contribution in [-0.2, 0) is 14.3 Å². The minimum Gasteiger partial charge on any atom is -0.375 e. The molecule has 0 spiro atoms. The highest BCUT2D eigenvalue weighted by atomic mass is 19.1. The number of hydrogen-bond acceptors (Lipinski definition) is 3. The molecule has 6 heteroatoms. The van der Waals surface area contributed by atoms with Gasteiger partial charge in [-0.2, -0.15) is 0 Å². The fourth-order valence-electron chi connectivity index (χ4n) is 3.41. The zero-order valence-corrected chi connectivity index (χ0v) is 14.5. The summed E-state index contributed by atoms with van der Waals surface area (Å²) in [6, 6.07) is 6.09. The Morgan fingerprint density at radius 2 is 1.92 bits per heavy atom. The fraction of sp³-hybridized carbons (Fsp3) is 0.579. The molecule has 1 aliphatic heterocycles. The summed E-state index contributed by atoms with van der Waals surface area (Å²) < 4.78 is 18.2. The Kier molecular flexibility index (Phi) is 5.68. The van der Waals surface area contributed by atoms with Crippen LogP contribution < -0.4 is 5.32 Å². The van der Waals surface area contributed by atoms with Gasteiger partial charge in [-0.05, 0) is 49.3 Å². The van der Waals surface area contributed by atoms with E-state index in [0.717, 1.165) is 18.5 Å². The quantitative estimate of drug-likeness (QED) is 0.858. The average molecular weight is 348 g/mol. The maximum atomic E-state index is 13.2. The van der Waals surface area contributed by atoms with E-state index in [1.165, 1.54) is 32.1 Å². The third-order valence-corrected chi connectivity index (χ3v) is 5.06. The van der Waals surface area contributed by atoms with Crippen LogP contribution in [0.4, 0.5) is 4.39 Å². The Labute approximate surface area is 147 Å². The molecule has 2 aliphatic rings. The van der Waals surface area contributed by atoms with Gasteiger partial charge < -0.3 is 15.0 Å². The van der Waals surface area contributed by atoms with E-state index >= 15 is 0 Å². The van der Waals surface area contributed by atoms with Crippen LogP contribution in [0.3, 0.4) is 0 Å². The average Bonchev–Trinajstić information content (AvgIpc) is 3.44. The molecule has 25 heavy (non-hydrogen) atoms. The molecule has 1 aliphatic carbocycles. The first kappa shape index (κ1) is 17.9.